The SMILES string of the molecule is Cc1ccccc1CN1CCN(CC(=O)c2cc(C)n(-c3ncn[nH]3)c2C)CC1. The monoisotopic (exact) mass is 392 g/mol. The van der Waals surface area contributed by atoms with Crippen molar-refractivity contribution in [2.24, 2.45) is 0 Å². The van der Waals surface area contributed by atoms with Crippen molar-refractivity contribution in [1.82, 2.24) is 29.5 Å². The van der Waals surface area contributed by atoms with E-state index >= 15 is 0 Å². The summed E-state index contributed by atoms with van der Waals surface area (Å²) in [5, 5.41) is 6.79. The van der Waals surface area contributed by atoms with Crippen LogP contribution < -0.4 is 0 Å². The maximum Gasteiger partial charge on any atom is 0.229 e. The highest BCUT2D eigenvalue weighted by Crippen LogP contribution is 2.19. The lowest BCUT2D eigenvalue weighted by molar-refractivity contribution is 0.0843. The Morgan fingerprint density at radius 2 is 1.79 bits per heavy atom. The van der Waals surface area contributed by atoms with Crippen LogP contribution in [0.25, 0.3) is 5.95 Å². The normalized spacial score (nSPS) is 15.7. The highest BCUT2D eigenvalue weighted by Gasteiger charge is 2.23. The Kier molecular flexibility index (Phi) is 5.60. The van der Waals surface area contributed by atoms with E-state index in [4.69, 9.17) is 0 Å². The zero-order valence-corrected chi connectivity index (χ0v) is 17.4. The number of H-pyrrole nitrogens is 1. The first kappa shape index (κ1) is 19.5. The third kappa shape index (κ3) is 4.16. The summed E-state index contributed by atoms with van der Waals surface area (Å²) < 4.78 is 1.94. The molecular formula is C22H28N6O. The molecule has 29 heavy (non-hydrogen) atoms. The number of carbonyl (C=O) groups excluding carboxylic acids is 1. The molecule has 152 valence electrons. The molecule has 0 saturated carbocycles. The van der Waals surface area contributed by atoms with Gasteiger partial charge in [0.05, 0.1) is 6.54 Å². The predicted molar refractivity (Wildman–Crippen MR) is 112 cm³/mol. The quantitative estimate of drug-likeness (QED) is 0.653. The van der Waals surface area contributed by atoms with Crippen LogP contribution >= 0.6 is 0 Å². The summed E-state index contributed by atoms with van der Waals surface area (Å²) in [7, 11) is 0. The Labute approximate surface area is 171 Å². The second-order valence-corrected chi connectivity index (χ2v) is 7.83. The van der Waals surface area contributed by atoms with Gasteiger partial charge in [0.1, 0.15) is 6.33 Å². The standard InChI is InChI=1S/C22H28N6O/c1-16-6-4-5-7-19(16)13-26-8-10-27(11-9-26)14-21(29)20-12-17(2)28(18(20)3)22-23-15-24-25-22/h4-7,12,15H,8-11,13-14H2,1-3H3,(H,23,24,25). The van der Waals surface area contributed by atoms with Gasteiger partial charge in [-0.25, -0.2) is 5.10 Å². The number of hydrogen-bond acceptors (Lipinski definition) is 5. The molecular weight excluding hydrogens is 364 g/mol. The number of piperazine rings is 1. The molecule has 0 spiro atoms. The van der Waals surface area contributed by atoms with Crippen LogP contribution in [0.15, 0.2) is 36.7 Å². The van der Waals surface area contributed by atoms with Gasteiger partial charge in [-0.1, -0.05) is 24.3 Å². The van der Waals surface area contributed by atoms with Crippen molar-refractivity contribution in [1.29, 1.82) is 0 Å². The molecule has 7 heteroatoms. The molecule has 0 aliphatic carbocycles. The lowest BCUT2D eigenvalue weighted by Gasteiger charge is -2.34. The minimum atomic E-state index is 0.163. The van der Waals surface area contributed by atoms with E-state index in [1.807, 2.05) is 24.5 Å². The third-order valence-corrected chi connectivity index (χ3v) is 5.83. The summed E-state index contributed by atoms with van der Waals surface area (Å²) in [6, 6.07) is 10.5. The second-order valence-electron chi connectivity index (χ2n) is 7.83. The Hall–Kier alpha value is -2.77. The van der Waals surface area contributed by atoms with Crippen LogP contribution in [0.2, 0.25) is 0 Å². The minimum absolute atomic E-state index is 0.163. The number of aryl methyl sites for hydroxylation is 2. The fourth-order valence-electron chi connectivity index (χ4n) is 4.10. The van der Waals surface area contributed by atoms with Crippen molar-refractivity contribution in [2.75, 3.05) is 32.7 Å². The van der Waals surface area contributed by atoms with Crippen LogP contribution in [0.3, 0.4) is 0 Å². The van der Waals surface area contributed by atoms with Crippen LogP contribution in [0.5, 0.6) is 0 Å². The molecule has 3 heterocycles. The Morgan fingerprint density at radius 3 is 2.48 bits per heavy atom. The first-order valence-electron chi connectivity index (χ1n) is 10.1. The summed E-state index contributed by atoms with van der Waals surface area (Å²) in [5.41, 5.74) is 5.37. The third-order valence-electron chi connectivity index (χ3n) is 5.83. The number of ketones is 1. The van der Waals surface area contributed by atoms with Crippen LogP contribution in [0.4, 0.5) is 0 Å². The van der Waals surface area contributed by atoms with Crippen molar-refractivity contribution in [3.63, 3.8) is 0 Å². The topological polar surface area (TPSA) is 70.1 Å². The summed E-state index contributed by atoms with van der Waals surface area (Å²) in [4.78, 5) is 21.9. The molecule has 2 aromatic heterocycles. The number of Topliss-reactive ketones (excluding diaryl/α,β-unsaturated/α-hetero) is 1. The Balaban J connectivity index is 1.36. The summed E-state index contributed by atoms with van der Waals surface area (Å²) in [5.74, 6) is 0.806. The van der Waals surface area contributed by atoms with E-state index < -0.39 is 0 Å². The highest BCUT2D eigenvalue weighted by atomic mass is 16.1. The van der Waals surface area contributed by atoms with Crippen LogP contribution in [-0.2, 0) is 6.54 Å². The number of aromatic amines is 1. The molecule has 1 N–H and O–H groups in total. The maximum absolute atomic E-state index is 13.0. The van der Waals surface area contributed by atoms with Crippen LogP contribution in [-0.4, -0.2) is 68.1 Å². The van der Waals surface area contributed by atoms with Gasteiger partial charge in [-0.15, -0.1) is 0 Å². The van der Waals surface area contributed by atoms with E-state index in [9.17, 15) is 4.79 Å². The average molecular weight is 393 g/mol. The molecule has 0 amide bonds. The smallest absolute Gasteiger partial charge is 0.229 e. The largest absolute Gasteiger partial charge is 0.297 e. The molecule has 1 fully saturated rings. The van der Waals surface area contributed by atoms with Gasteiger partial charge in [-0.2, -0.15) is 10.1 Å². The van der Waals surface area contributed by atoms with Crippen molar-refractivity contribution < 1.29 is 4.79 Å². The highest BCUT2D eigenvalue weighted by molar-refractivity contribution is 5.99. The van der Waals surface area contributed by atoms with Gasteiger partial charge in [0.15, 0.2) is 5.78 Å². The summed E-state index contributed by atoms with van der Waals surface area (Å²) in [6.07, 6.45) is 1.48. The van der Waals surface area contributed by atoms with E-state index in [0.717, 1.165) is 49.7 Å². The number of benzene rings is 1. The van der Waals surface area contributed by atoms with Gasteiger partial charge in [-0.05, 0) is 38.0 Å². The van der Waals surface area contributed by atoms with Gasteiger partial charge >= 0.3 is 0 Å². The Morgan fingerprint density at radius 1 is 1.07 bits per heavy atom. The van der Waals surface area contributed by atoms with Gasteiger partial charge in [0, 0.05) is 49.7 Å². The van der Waals surface area contributed by atoms with Crippen molar-refractivity contribution in [2.45, 2.75) is 27.3 Å². The van der Waals surface area contributed by atoms with E-state index in [2.05, 4.69) is 56.2 Å². The summed E-state index contributed by atoms with van der Waals surface area (Å²) in [6.45, 7) is 11.3. The van der Waals surface area contributed by atoms with Crippen LogP contribution in [0, 0.1) is 20.8 Å². The molecule has 3 aromatic rings. The van der Waals surface area contributed by atoms with E-state index in [0.29, 0.717) is 12.5 Å². The number of nitrogens with zero attached hydrogens (tertiary/aromatic N) is 5. The minimum Gasteiger partial charge on any atom is -0.297 e. The van der Waals surface area contributed by atoms with Crippen LogP contribution in [0.1, 0.15) is 32.9 Å². The molecule has 0 atom stereocenters. The number of aromatic nitrogens is 4. The van der Waals surface area contributed by atoms with Gasteiger partial charge < -0.3 is 0 Å². The van der Waals surface area contributed by atoms with Crippen molar-refractivity contribution in [3.05, 3.63) is 64.7 Å². The first-order chi connectivity index (χ1) is 14.0. The van der Waals surface area contributed by atoms with E-state index in [1.54, 1.807) is 0 Å². The zero-order valence-electron chi connectivity index (χ0n) is 17.4. The van der Waals surface area contributed by atoms with E-state index in [1.165, 1.54) is 17.5 Å². The maximum atomic E-state index is 13.0. The first-order valence-corrected chi connectivity index (χ1v) is 10.1. The molecule has 1 aromatic carbocycles. The second kappa shape index (κ2) is 8.31. The number of nitrogens with one attached hydrogen (secondary N) is 1. The van der Waals surface area contributed by atoms with E-state index in [-0.39, 0.29) is 5.78 Å². The summed E-state index contributed by atoms with van der Waals surface area (Å²) >= 11 is 0. The molecule has 1 aliphatic heterocycles. The molecule has 1 saturated heterocycles. The fraction of sp³-hybridized carbons (Fsp3) is 0.409. The molecule has 0 unspecified atom stereocenters. The molecule has 4 rings (SSSR count). The predicted octanol–water partition coefficient (Wildman–Crippen LogP) is 2.52. The van der Waals surface area contributed by atoms with Gasteiger partial charge in [-0.3, -0.25) is 19.2 Å². The Bertz CT molecular complexity index is 983. The van der Waals surface area contributed by atoms with Crippen molar-refractivity contribution in [3.8, 4) is 5.95 Å². The van der Waals surface area contributed by atoms with Gasteiger partial charge in [0.25, 0.3) is 0 Å². The van der Waals surface area contributed by atoms with Gasteiger partial charge in [0.2, 0.25) is 5.95 Å². The molecule has 0 radical (unpaired) electrons. The lowest BCUT2D eigenvalue weighted by atomic mass is 10.1. The molecule has 1 aliphatic rings. The average Bonchev–Trinajstić information content (AvgIpc) is 3.33. The number of carbonyl (C=O) groups is 1. The fourth-order valence-corrected chi connectivity index (χ4v) is 4.10. The molecule has 0 bridgehead atoms. The molecule has 7 nitrogen and oxygen atoms in total. The lowest BCUT2D eigenvalue weighted by Crippen LogP contribution is -2.47. The zero-order chi connectivity index (χ0) is 20.4. The number of rotatable bonds is 6. The van der Waals surface area contributed by atoms with Crippen molar-refractivity contribution >= 4 is 5.78 Å². The number of hydrogen-bond donors (Lipinski definition) is 1.